The fraction of sp³-hybridized carbons (Fsp3) is 0.368. The molecule has 0 bridgehead atoms. The summed E-state index contributed by atoms with van der Waals surface area (Å²) in [7, 11) is 0. The van der Waals surface area contributed by atoms with Crippen molar-refractivity contribution in [3.63, 3.8) is 0 Å². The normalized spacial score (nSPS) is 16.8. The van der Waals surface area contributed by atoms with Crippen molar-refractivity contribution < 1.29 is 14.7 Å². The Morgan fingerprint density at radius 2 is 1.88 bits per heavy atom. The second kappa shape index (κ2) is 7.28. The highest BCUT2D eigenvalue weighted by Crippen LogP contribution is 2.31. The number of thiophene rings is 1. The molecular weight excluding hydrogens is 322 g/mol. The minimum atomic E-state index is -0.477. The van der Waals surface area contributed by atoms with Crippen LogP contribution in [0.1, 0.15) is 51.5 Å². The predicted octanol–water partition coefficient (Wildman–Crippen LogP) is 3.54. The van der Waals surface area contributed by atoms with Gasteiger partial charge in [-0.25, -0.2) is 0 Å². The smallest absolute Gasteiger partial charge is 0.263 e. The maximum Gasteiger partial charge on any atom is 0.263 e. The van der Waals surface area contributed by atoms with Gasteiger partial charge in [0.05, 0.1) is 11.0 Å². The maximum atomic E-state index is 12.5. The first-order chi connectivity index (χ1) is 11.6. The van der Waals surface area contributed by atoms with E-state index in [0.717, 1.165) is 18.4 Å². The lowest BCUT2D eigenvalue weighted by atomic mass is 9.87. The summed E-state index contributed by atoms with van der Waals surface area (Å²) in [5.41, 5.74) is 1.53. The molecule has 1 unspecified atom stereocenters. The Bertz CT molecular complexity index is 717. The molecule has 1 aliphatic rings. The molecule has 1 fully saturated rings. The van der Waals surface area contributed by atoms with Crippen LogP contribution in [0.25, 0.3) is 0 Å². The van der Waals surface area contributed by atoms with Gasteiger partial charge in [0.25, 0.3) is 5.91 Å². The number of piperidine rings is 1. The van der Waals surface area contributed by atoms with Crippen LogP contribution in [0.5, 0.6) is 0 Å². The standard InChI is InChI=1S/C19H21NO3S/c1-13(21)16-11-17(24-12-16)19(23)20-9-7-15(8-10-20)18(22)14-5-3-2-4-6-14/h2-6,11-12,15,18,22H,7-10H2,1H3. The summed E-state index contributed by atoms with van der Waals surface area (Å²) in [4.78, 5) is 26.3. The van der Waals surface area contributed by atoms with E-state index in [9.17, 15) is 14.7 Å². The quantitative estimate of drug-likeness (QED) is 0.864. The number of likely N-dealkylation sites (tertiary alicyclic amines) is 1. The fourth-order valence-corrected chi connectivity index (χ4v) is 4.04. The number of aliphatic hydroxyl groups excluding tert-OH is 1. The summed E-state index contributed by atoms with van der Waals surface area (Å²) in [6, 6.07) is 11.4. The number of amides is 1. The molecule has 2 aromatic rings. The van der Waals surface area contributed by atoms with Crippen molar-refractivity contribution in [2.24, 2.45) is 5.92 Å². The van der Waals surface area contributed by atoms with Crippen LogP contribution in [-0.2, 0) is 0 Å². The number of ketones is 1. The average Bonchev–Trinajstić information content (AvgIpc) is 3.12. The van der Waals surface area contributed by atoms with E-state index in [1.54, 1.807) is 11.4 Å². The molecule has 126 valence electrons. The van der Waals surface area contributed by atoms with Gasteiger partial charge in [-0.1, -0.05) is 30.3 Å². The second-order valence-electron chi connectivity index (χ2n) is 6.24. The molecule has 0 spiro atoms. The fourth-order valence-electron chi connectivity index (χ4n) is 3.13. The molecule has 0 radical (unpaired) electrons. The van der Waals surface area contributed by atoms with Crippen LogP contribution in [0.2, 0.25) is 0 Å². The molecule has 1 aromatic heterocycles. The Morgan fingerprint density at radius 1 is 1.21 bits per heavy atom. The molecule has 2 heterocycles. The number of carbonyl (C=O) groups excluding carboxylic acids is 2. The molecule has 0 saturated carbocycles. The first-order valence-electron chi connectivity index (χ1n) is 8.18. The first kappa shape index (κ1) is 16.9. The van der Waals surface area contributed by atoms with Crippen LogP contribution in [-0.4, -0.2) is 34.8 Å². The number of rotatable bonds is 4. The Balaban J connectivity index is 1.60. The van der Waals surface area contributed by atoms with E-state index in [4.69, 9.17) is 0 Å². The highest BCUT2D eigenvalue weighted by molar-refractivity contribution is 7.12. The van der Waals surface area contributed by atoms with Crippen molar-refractivity contribution in [3.8, 4) is 0 Å². The molecule has 1 N–H and O–H groups in total. The van der Waals surface area contributed by atoms with E-state index >= 15 is 0 Å². The Labute approximate surface area is 145 Å². The molecule has 4 nitrogen and oxygen atoms in total. The lowest BCUT2D eigenvalue weighted by Crippen LogP contribution is -2.39. The van der Waals surface area contributed by atoms with Crippen LogP contribution in [0, 0.1) is 5.92 Å². The summed E-state index contributed by atoms with van der Waals surface area (Å²) in [5.74, 6) is 0.141. The van der Waals surface area contributed by atoms with Gasteiger partial charge in [0.2, 0.25) is 0 Å². The van der Waals surface area contributed by atoms with Gasteiger partial charge in [-0.3, -0.25) is 9.59 Å². The molecule has 24 heavy (non-hydrogen) atoms. The molecule has 3 rings (SSSR count). The SMILES string of the molecule is CC(=O)c1csc(C(=O)N2CCC(C(O)c3ccccc3)CC2)c1. The van der Waals surface area contributed by atoms with Crippen LogP contribution >= 0.6 is 11.3 Å². The topological polar surface area (TPSA) is 57.6 Å². The molecular formula is C19H21NO3S. The third-order valence-electron chi connectivity index (χ3n) is 4.63. The molecule has 1 aliphatic heterocycles. The van der Waals surface area contributed by atoms with Gasteiger partial charge in [0, 0.05) is 24.0 Å². The van der Waals surface area contributed by atoms with E-state index in [1.165, 1.54) is 18.3 Å². The van der Waals surface area contributed by atoms with Crippen molar-refractivity contribution in [2.75, 3.05) is 13.1 Å². The summed E-state index contributed by atoms with van der Waals surface area (Å²) >= 11 is 1.32. The monoisotopic (exact) mass is 343 g/mol. The summed E-state index contributed by atoms with van der Waals surface area (Å²) in [6.07, 6.45) is 1.09. The molecule has 1 saturated heterocycles. The summed E-state index contributed by atoms with van der Waals surface area (Å²) in [5, 5.41) is 12.3. The minimum Gasteiger partial charge on any atom is -0.388 e. The van der Waals surface area contributed by atoms with Crippen molar-refractivity contribution in [1.82, 2.24) is 4.90 Å². The Kier molecular flexibility index (Phi) is 5.11. The number of carbonyl (C=O) groups is 2. The van der Waals surface area contributed by atoms with Crippen molar-refractivity contribution in [2.45, 2.75) is 25.9 Å². The molecule has 0 aliphatic carbocycles. The van der Waals surface area contributed by atoms with Gasteiger partial charge < -0.3 is 10.0 Å². The van der Waals surface area contributed by atoms with Gasteiger partial charge in [0.15, 0.2) is 5.78 Å². The first-order valence-corrected chi connectivity index (χ1v) is 9.06. The lowest BCUT2D eigenvalue weighted by Gasteiger charge is -2.34. The van der Waals surface area contributed by atoms with Crippen molar-refractivity contribution in [3.05, 3.63) is 57.8 Å². The average molecular weight is 343 g/mol. The number of aliphatic hydroxyl groups is 1. The zero-order chi connectivity index (χ0) is 17.1. The number of benzene rings is 1. The van der Waals surface area contributed by atoms with Crippen molar-refractivity contribution in [1.29, 1.82) is 0 Å². The molecule has 1 amide bonds. The van der Waals surface area contributed by atoms with Crippen LogP contribution in [0.15, 0.2) is 41.8 Å². The van der Waals surface area contributed by atoms with Gasteiger partial charge in [-0.15, -0.1) is 11.3 Å². The highest BCUT2D eigenvalue weighted by Gasteiger charge is 2.29. The van der Waals surface area contributed by atoms with E-state index in [0.29, 0.717) is 23.5 Å². The molecule has 5 heteroatoms. The Hall–Kier alpha value is -1.98. The number of hydrogen-bond acceptors (Lipinski definition) is 4. The number of Topliss-reactive ketones (excluding diaryl/α,β-unsaturated/α-hetero) is 1. The van der Waals surface area contributed by atoms with Crippen LogP contribution < -0.4 is 0 Å². The van der Waals surface area contributed by atoms with E-state index in [2.05, 4.69) is 0 Å². The summed E-state index contributed by atoms with van der Waals surface area (Å²) < 4.78 is 0. The minimum absolute atomic E-state index is 0.0137. The van der Waals surface area contributed by atoms with Gasteiger partial charge >= 0.3 is 0 Å². The van der Waals surface area contributed by atoms with E-state index < -0.39 is 6.10 Å². The van der Waals surface area contributed by atoms with Crippen LogP contribution in [0.4, 0.5) is 0 Å². The second-order valence-corrected chi connectivity index (χ2v) is 7.15. The van der Waals surface area contributed by atoms with Gasteiger partial charge in [0.1, 0.15) is 0 Å². The number of hydrogen-bond donors (Lipinski definition) is 1. The zero-order valence-corrected chi connectivity index (χ0v) is 14.5. The molecule has 1 aromatic carbocycles. The third-order valence-corrected chi connectivity index (χ3v) is 5.55. The number of nitrogens with zero attached hydrogens (tertiary/aromatic N) is 1. The molecule has 1 atom stereocenters. The van der Waals surface area contributed by atoms with Crippen LogP contribution in [0.3, 0.4) is 0 Å². The van der Waals surface area contributed by atoms with Crippen molar-refractivity contribution >= 4 is 23.0 Å². The highest BCUT2D eigenvalue weighted by atomic mass is 32.1. The third kappa shape index (κ3) is 3.57. The van der Waals surface area contributed by atoms with E-state index in [-0.39, 0.29) is 17.6 Å². The lowest BCUT2D eigenvalue weighted by molar-refractivity contribution is 0.0465. The van der Waals surface area contributed by atoms with E-state index in [1.807, 2.05) is 35.2 Å². The van der Waals surface area contributed by atoms with Gasteiger partial charge in [-0.2, -0.15) is 0 Å². The largest absolute Gasteiger partial charge is 0.388 e. The van der Waals surface area contributed by atoms with Gasteiger partial charge in [-0.05, 0) is 37.3 Å². The maximum absolute atomic E-state index is 12.5. The summed E-state index contributed by atoms with van der Waals surface area (Å²) in [6.45, 7) is 2.79. The zero-order valence-electron chi connectivity index (χ0n) is 13.6. The Morgan fingerprint density at radius 3 is 2.46 bits per heavy atom. The predicted molar refractivity (Wildman–Crippen MR) is 94.4 cm³/mol.